The highest BCUT2D eigenvalue weighted by molar-refractivity contribution is 6.30. The Kier molecular flexibility index (Phi) is 14.6. The lowest BCUT2D eigenvalue weighted by Crippen LogP contribution is -2.53. The molecule has 5 aromatic rings. The van der Waals surface area contributed by atoms with Crippen LogP contribution in [0.5, 0.6) is 11.5 Å². The van der Waals surface area contributed by atoms with Gasteiger partial charge in [0.1, 0.15) is 22.7 Å². The summed E-state index contributed by atoms with van der Waals surface area (Å²) in [5, 5.41) is 17.8. The summed E-state index contributed by atoms with van der Waals surface area (Å²) in [5.74, 6) is 1.33. The van der Waals surface area contributed by atoms with Crippen molar-refractivity contribution >= 4 is 35.1 Å². The van der Waals surface area contributed by atoms with Crippen LogP contribution in [0.1, 0.15) is 122 Å². The van der Waals surface area contributed by atoms with Crippen LogP contribution in [0.15, 0.2) is 97.3 Å². The van der Waals surface area contributed by atoms with Gasteiger partial charge in [-0.3, -0.25) is 19.6 Å². The summed E-state index contributed by atoms with van der Waals surface area (Å²) >= 11 is 6.32. The largest absolute Gasteiger partial charge is 0.494 e. The molecule has 0 aliphatic heterocycles. The van der Waals surface area contributed by atoms with Crippen molar-refractivity contribution < 1.29 is 29.0 Å². The van der Waals surface area contributed by atoms with Crippen LogP contribution in [0.3, 0.4) is 0 Å². The van der Waals surface area contributed by atoms with Crippen molar-refractivity contribution in [3.8, 4) is 22.6 Å². The number of rotatable bonds is 19. The number of aliphatic carboxylic acids is 1. The molecule has 2 amide bonds. The second-order valence-corrected chi connectivity index (χ2v) is 19.4. The monoisotopic (exact) mass is 911 g/mol. The van der Waals surface area contributed by atoms with Crippen molar-refractivity contribution in [1.82, 2.24) is 15.3 Å². The van der Waals surface area contributed by atoms with Gasteiger partial charge in [-0.05, 0) is 165 Å². The SMILES string of the molecule is C[C@@H](COc1ccnc2c1[C@H](C)CCC2)C[C@H]1Cc2ccc(OCCCC(=O)NCCCc3cccc(-c4ccc(C(N)=O)nc4)c3)cc2C12CCC(Nc1cccc(Cl)c1)(C(=O)O)CC2. The quantitative estimate of drug-likeness (QED) is 0.0590. The number of nitrogens with zero attached hydrogens (tertiary/aromatic N) is 2. The Balaban J connectivity index is 0.876. The van der Waals surface area contributed by atoms with Crippen molar-refractivity contribution in [2.24, 2.45) is 17.6 Å². The maximum atomic E-state index is 13.1. The Morgan fingerprint density at radius 1 is 0.939 bits per heavy atom. The van der Waals surface area contributed by atoms with Crippen LogP contribution >= 0.6 is 11.6 Å². The van der Waals surface area contributed by atoms with E-state index >= 15 is 0 Å². The number of fused-ring (bicyclic) bond motifs is 3. The number of carbonyl (C=O) groups excluding carboxylic acids is 2. The number of pyridine rings is 2. The van der Waals surface area contributed by atoms with Crippen LogP contribution < -0.4 is 25.8 Å². The van der Waals surface area contributed by atoms with Crippen LogP contribution in [0.4, 0.5) is 5.69 Å². The average Bonchev–Trinajstić information content (AvgIpc) is 3.60. The molecule has 1 saturated carbocycles. The molecule has 3 aliphatic rings. The molecule has 0 unspecified atom stereocenters. The highest BCUT2D eigenvalue weighted by atomic mass is 35.5. The summed E-state index contributed by atoms with van der Waals surface area (Å²) in [4.78, 5) is 46.2. The molecule has 0 radical (unpaired) electrons. The third kappa shape index (κ3) is 10.7. The summed E-state index contributed by atoms with van der Waals surface area (Å²) < 4.78 is 12.9. The first-order chi connectivity index (χ1) is 31.9. The van der Waals surface area contributed by atoms with Crippen LogP contribution in [0, 0.1) is 11.8 Å². The predicted octanol–water partition coefficient (Wildman–Crippen LogP) is 10.3. The van der Waals surface area contributed by atoms with Gasteiger partial charge in [0.15, 0.2) is 0 Å². The van der Waals surface area contributed by atoms with E-state index in [1.54, 1.807) is 24.4 Å². The van der Waals surface area contributed by atoms with Gasteiger partial charge < -0.3 is 30.9 Å². The number of anilines is 1. The van der Waals surface area contributed by atoms with Crippen molar-refractivity contribution in [2.75, 3.05) is 25.1 Å². The molecule has 3 aromatic carbocycles. The number of benzene rings is 3. The first-order valence-electron chi connectivity index (χ1n) is 23.7. The van der Waals surface area contributed by atoms with Crippen LogP contribution in [0.25, 0.3) is 11.1 Å². The molecule has 5 N–H and O–H groups in total. The van der Waals surface area contributed by atoms with Crippen molar-refractivity contribution in [1.29, 1.82) is 0 Å². The topological polar surface area (TPSA) is 166 Å². The molecule has 3 aliphatic carbocycles. The molecule has 8 rings (SSSR count). The lowest BCUT2D eigenvalue weighted by Gasteiger charge is -2.47. The number of amides is 2. The maximum absolute atomic E-state index is 13.1. The molecule has 12 heteroatoms. The Morgan fingerprint density at radius 2 is 1.77 bits per heavy atom. The van der Waals surface area contributed by atoms with Gasteiger partial charge in [-0.2, -0.15) is 0 Å². The molecule has 2 heterocycles. The Bertz CT molecular complexity index is 2520. The number of hydrogen-bond donors (Lipinski definition) is 4. The zero-order chi connectivity index (χ0) is 46.3. The highest BCUT2D eigenvalue weighted by Crippen LogP contribution is 2.57. The third-order valence-corrected chi connectivity index (χ3v) is 14.6. The molecule has 0 saturated heterocycles. The number of halogens is 1. The van der Waals surface area contributed by atoms with Crippen molar-refractivity contribution in [3.63, 3.8) is 0 Å². The standard InChI is InChI=1S/C54H62ClN5O6/c1-35(34-66-48-20-26-57-46-14-3-8-36(2)50(46)48)28-41-30-39-16-18-44(32-45(39)53(41)21-23-54(24-22-53,52(63)64)60-43-13-5-12-42(55)31-43)65-27-7-15-49(61)58-25-6-10-37-9-4-11-38(29-37)40-17-19-47(51(56)62)59-33-40/h4-5,9,11-13,16-20,26,29,31-33,35-36,41,60H,3,6-8,10,14-15,21-25,27-28,30,34H2,1-2H3,(H2,56,62)(H,58,61)(H,63,64)/t35-,36-,41+,53?,54?/m1/s1. The van der Waals surface area contributed by atoms with E-state index in [1.807, 2.05) is 48.7 Å². The fourth-order valence-corrected chi connectivity index (χ4v) is 11.0. The number of carbonyl (C=O) groups is 3. The van der Waals surface area contributed by atoms with E-state index in [1.165, 1.54) is 22.4 Å². The van der Waals surface area contributed by atoms with Crippen molar-refractivity contribution in [3.05, 3.63) is 136 Å². The van der Waals surface area contributed by atoms with E-state index in [9.17, 15) is 19.5 Å². The van der Waals surface area contributed by atoms with Crippen LogP contribution in [-0.2, 0) is 34.3 Å². The van der Waals surface area contributed by atoms with E-state index in [0.29, 0.717) is 80.8 Å². The van der Waals surface area contributed by atoms with E-state index < -0.39 is 17.4 Å². The highest BCUT2D eigenvalue weighted by Gasteiger charge is 2.54. The third-order valence-electron chi connectivity index (χ3n) is 14.3. The first-order valence-corrected chi connectivity index (χ1v) is 24.0. The average molecular weight is 913 g/mol. The normalized spacial score (nSPS) is 21.3. The van der Waals surface area contributed by atoms with Gasteiger partial charge in [-0.25, -0.2) is 4.79 Å². The molecule has 66 heavy (non-hydrogen) atoms. The minimum Gasteiger partial charge on any atom is -0.494 e. The number of nitrogens with two attached hydrogens (primary N) is 1. The number of aromatic nitrogens is 2. The predicted molar refractivity (Wildman–Crippen MR) is 258 cm³/mol. The maximum Gasteiger partial charge on any atom is 0.329 e. The Hall–Kier alpha value is -5.94. The number of ether oxygens (including phenoxy) is 2. The van der Waals surface area contributed by atoms with E-state index in [-0.39, 0.29) is 22.9 Å². The number of primary amides is 1. The summed E-state index contributed by atoms with van der Waals surface area (Å²) in [7, 11) is 0. The number of hydrogen-bond acceptors (Lipinski definition) is 8. The second kappa shape index (κ2) is 20.7. The van der Waals surface area contributed by atoms with Crippen LogP contribution in [-0.4, -0.2) is 58.2 Å². The number of aryl methyl sites for hydroxylation is 2. The zero-order valence-electron chi connectivity index (χ0n) is 38.1. The van der Waals surface area contributed by atoms with E-state index in [2.05, 4.69) is 58.7 Å². The number of nitrogens with one attached hydrogen (secondary N) is 2. The molecule has 11 nitrogen and oxygen atoms in total. The lowest BCUT2D eigenvalue weighted by atomic mass is 9.59. The molecule has 2 aromatic heterocycles. The molecular formula is C54H62ClN5O6. The summed E-state index contributed by atoms with van der Waals surface area (Å²) in [5.41, 5.74) is 13.0. The summed E-state index contributed by atoms with van der Waals surface area (Å²) in [6.07, 6.45) is 13.6. The van der Waals surface area contributed by atoms with Crippen LogP contribution in [0.2, 0.25) is 5.02 Å². The van der Waals surface area contributed by atoms with Crippen molar-refractivity contribution in [2.45, 2.75) is 114 Å². The minimum absolute atomic E-state index is 0.00403. The minimum atomic E-state index is -1.12. The van der Waals surface area contributed by atoms with Gasteiger partial charge in [-0.1, -0.05) is 67.9 Å². The summed E-state index contributed by atoms with van der Waals surface area (Å²) in [6, 6.07) is 27.4. The molecule has 1 fully saturated rings. The smallest absolute Gasteiger partial charge is 0.329 e. The Labute approximate surface area is 393 Å². The van der Waals surface area contributed by atoms with Gasteiger partial charge in [0.25, 0.3) is 5.91 Å². The van der Waals surface area contributed by atoms with Gasteiger partial charge in [0.05, 0.1) is 13.2 Å². The lowest BCUT2D eigenvalue weighted by molar-refractivity contribution is -0.144. The number of carboxylic acid groups (broad SMARTS) is 1. The van der Waals surface area contributed by atoms with E-state index in [4.69, 9.17) is 26.8 Å². The van der Waals surface area contributed by atoms with Gasteiger partial charge in [-0.15, -0.1) is 0 Å². The molecule has 0 bridgehead atoms. The fourth-order valence-electron chi connectivity index (χ4n) is 10.8. The molecular weight excluding hydrogens is 850 g/mol. The molecule has 3 atom stereocenters. The van der Waals surface area contributed by atoms with E-state index in [0.717, 1.165) is 73.1 Å². The van der Waals surface area contributed by atoms with Gasteiger partial charge in [0.2, 0.25) is 5.91 Å². The van der Waals surface area contributed by atoms with Gasteiger partial charge >= 0.3 is 5.97 Å². The zero-order valence-corrected chi connectivity index (χ0v) is 38.9. The second-order valence-electron chi connectivity index (χ2n) is 18.9. The van der Waals surface area contributed by atoms with Gasteiger partial charge in [0, 0.05) is 52.9 Å². The first kappa shape index (κ1) is 46.6. The number of carboxylic acids is 1. The molecule has 1 spiro atoms. The molecule has 346 valence electrons. The fraction of sp³-hybridized carbons (Fsp3) is 0.426. The Morgan fingerprint density at radius 3 is 2.55 bits per heavy atom. The summed E-state index contributed by atoms with van der Waals surface area (Å²) in [6.45, 7) is 6.13.